The summed E-state index contributed by atoms with van der Waals surface area (Å²) in [4.78, 5) is 24.4. The molecule has 0 atom stereocenters. The molecule has 2 heterocycles. The van der Waals surface area contributed by atoms with E-state index in [4.69, 9.17) is 11.6 Å². The topological polar surface area (TPSA) is 68.4 Å². The first-order valence-electron chi connectivity index (χ1n) is 6.44. The molecule has 1 aromatic heterocycles. The van der Waals surface area contributed by atoms with Gasteiger partial charge in [-0.15, -0.1) is 0 Å². The smallest absolute Gasteiger partial charge is 0.310 e. The van der Waals surface area contributed by atoms with Crippen molar-refractivity contribution >= 4 is 23.1 Å². The van der Waals surface area contributed by atoms with Crippen LogP contribution in [-0.4, -0.2) is 16.0 Å². The molecule has 1 aromatic carbocycles. The van der Waals surface area contributed by atoms with Crippen LogP contribution >= 0.6 is 11.6 Å². The maximum Gasteiger partial charge on any atom is 0.310 e. The SMILES string of the molecule is O=c1ccc([N+](=O)[O-])c2n1CCN2Cc1ccccc1Cl. The second kappa shape index (κ2) is 5.21. The zero-order valence-electron chi connectivity index (χ0n) is 11.0. The molecule has 6 nitrogen and oxygen atoms in total. The van der Waals surface area contributed by atoms with Crippen molar-refractivity contribution in [1.82, 2.24) is 4.57 Å². The van der Waals surface area contributed by atoms with Gasteiger partial charge in [0.25, 0.3) is 5.56 Å². The molecule has 1 aliphatic rings. The molecule has 0 N–H and O–H groups in total. The quantitative estimate of drug-likeness (QED) is 0.645. The van der Waals surface area contributed by atoms with Crippen molar-refractivity contribution in [3.63, 3.8) is 0 Å². The Morgan fingerprint density at radius 3 is 2.67 bits per heavy atom. The Morgan fingerprint density at radius 2 is 1.95 bits per heavy atom. The van der Waals surface area contributed by atoms with Crippen molar-refractivity contribution in [2.45, 2.75) is 13.1 Å². The summed E-state index contributed by atoms with van der Waals surface area (Å²) in [6, 6.07) is 9.84. The van der Waals surface area contributed by atoms with Crippen LogP contribution in [0.4, 0.5) is 11.5 Å². The number of nitro groups is 1. The fourth-order valence-electron chi connectivity index (χ4n) is 2.56. The van der Waals surface area contributed by atoms with Gasteiger partial charge in [-0.1, -0.05) is 29.8 Å². The van der Waals surface area contributed by atoms with E-state index in [2.05, 4.69) is 0 Å². The van der Waals surface area contributed by atoms with Crippen LogP contribution in [-0.2, 0) is 13.1 Å². The van der Waals surface area contributed by atoms with Crippen LogP contribution < -0.4 is 10.5 Å². The number of aromatic nitrogens is 1. The first kappa shape index (κ1) is 13.6. The molecule has 0 radical (unpaired) electrons. The van der Waals surface area contributed by atoms with Gasteiger partial charge in [0.2, 0.25) is 0 Å². The van der Waals surface area contributed by atoms with Gasteiger partial charge in [-0.3, -0.25) is 19.5 Å². The predicted molar refractivity (Wildman–Crippen MR) is 79.9 cm³/mol. The largest absolute Gasteiger partial charge is 0.346 e. The minimum atomic E-state index is -0.462. The van der Waals surface area contributed by atoms with Crippen LogP contribution in [0.15, 0.2) is 41.2 Å². The van der Waals surface area contributed by atoms with E-state index in [1.807, 2.05) is 23.1 Å². The average molecular weight is 306 g/mol. The van der Waals surface area contributed by atoms with E-state index in [1.54, 1.807) is 6.07 Å². The molecule has 0 amide bonds. The van der Waals surface area contributed by atoms with Gasteiger partial charge in [-0.25, -0.2) is 0 Å². The molecule has 0 fully saturated rings. The van der Waals surface area contributed by atoms with Crippen molar-refractivity contribution in [3.05, 3.63) is 67.5 Å². The van der Waals surface area contributed by atoms with Crippen LogP contribution in [0.2, 0.25) is 5.02 Å². The molecule has 1 aliphatic heterocycles. The third-order valence-corrected chi connectivity index (χ3v) is 3.91. The maximum absolute atomic E-state index is 11.8. The zero-order valence-corrected chi connectivity index (χ0v) is 11.8. The van der Waals surface area contributed by atoms with E-state index in [-0.39, 0.29) is 11.2 Å². The van der Waals surface area contributed by atoms with E-state index in [1.165, 1.54) is 16.7 Å². The fraction of sp³-hybridized carbons (Fsp3) is 0.214. The van der Waals surface area contributed by atoms with Crippen molar-refractivity contribution in [2.24, 2.45) is 0 Å². The molecule has 21 heavy (non-hydrogen) atoms. The lowest BCUT2D eigenvalue weighted by Crippen LogP contribution is -2.22. The molecule has 2 aromatic rings. The Kier molecular flexibility index (Phi) is 3.39. The normalized spacial score (nSPS) is 13.3. The monoisotopic (exact) mass is 305 g/mol. The standard InChI is InChI=1S/C14H12ClN3O3/c15-11-4-2-1-3-10(11)9-16-7-8-17-13(19)6-5-12(14(16)17)18(20)21/h1-6H,7-9H2. The number of pyridine rings is 1. The molecular formula is C14H12ClN3O3. The van der Waals surface area contributed by atoms with Crippen LogP contribution in [0.1, 0.15) is 5.56 Å². The van der Waals surface area contributed by atoms with Crippen LogP contribution in [0, 0.1) is 10.1 Å². The van der Waals surface area contributed by atoms with E-state index in [0.29, 0.717) is 30.5 Å². The van der Waals surface area contributed by atoms with Gasteiger partial charge in [0, 0.05) is 36.8 Å². The number of hydrogen-bond acceptors (Lipinski definition) is 4. The van der Waals surface area contributed by atoms with Crippen LogP contribution in [0.3, 0.4) is 0 Å². The van der Waals surface area contributed by atoms with Crippen molar-refractivity contribution in [2.75, 3.05) is 11.4 Å². The second-order valence-electron chi connectivity index (χ2n) is 4.80. The number of benzene rings is 1. The van der Waals surface area contributed by atoms with Gasteiger partial charge in [0.15, 0.2) is 5.82 Å². The number of halogens is 1. The third kappa shape index (κ3) is 2.38. The van der Waals surface area contributed by atoms with Crippen molar-refractivity contribution in [1.29, 1.82) is 0 Å². The van der Waals surface area contributed by atoms with Gasteiger partial charge in [0.1, 0.15) is 0 Å². The fourth-order valence-corrected chi connectivity index (χ4v) is 2.76. The Labute approximate surface area is 125 Å². The molecule has 0 aliphatic carbocycles. The molecule has 3 rings (SSSR count). The minimum Gasteiger partial charge on any atom is -0.346 e. The third-order valence-electron chi connectivity index (χ3n) is 3.54. The summed E-state index contributed by atoms with van der Waals surface area (Å²) in [7, 11) is 0. The lowest BCUT2D eigenvalue weighted by Gasteiger charge is -2.18. The molecular weight excluding hydrogens is 294 g/mol. The van der Waals surface area contributed by atoms with Gasteiger partial charge < -0.3 is 4.90 Å². The average Bonchev–Trinajstić information content (AvgIpc) is 2.86. The highest BCUT2D eigenvalue weighted by Crippen LogP contribution is 2.32. The minimum absolute atomic E-state index is 0.0563. The lowest BCUT2D eigenvalue weighted by atomic mass is 10.2. The number of hydrogen-bond donors (Lipinski definition) is 0. The van der Waals surface area contributed by atoms with Crippen LogP contribution in [0.5, 0.6) is 0 Å². The Bertz CT molecular complexity index is 772. The first-order chi connectivity index (χ1) is 10.1. The number of fused-ring (bicyclic) bond motifs is 1. The van der Waals surface area contributed by atoms with Gasteiger partial charge in [-0.05, 0) is 11.6 Å². The van der Waals surface area contributed by atoms with Gasteiger partial charge in [0.05, 0.1) is 4.92 Å². The number of anilines is 1. The second-order valence-corrected chi connectivity index (χ2v) is 5.21. The van der Waals surface area contributed by atoms with Crippen molar-refractivity contribution < 1.29 is 4.92 Å². The lowest BCUT2D eigenvalue weighted by molar-refractivity contribution is -0.384. The first-order valence-corrected chi connectivity index (χ1v) is 6.82. The number of nitrogens with zero attached hydrogens (tertiary/aromatic N) is 3. The van der Waals surface area contributed by atoms with Gasteiger partial charge >= 0.3 is 5.69 Å². The van der Waals surface area contributed by atoms with E-state index in [9.17, 15) is 14.9 Å². The Hall–Kier alpha value is -2.34. The van der Waals surface area contributed by atoms with Gasteiger partial charge in [-0.2, -0.15) is 0 Å². The van der Waals surface area contributed by atoms with E-state index in [0.717, 1.165) is 5.56 Å². The molecule has 7 heteroatoms. The summed E-state index contributed by atoms with van der Waals surface area (Å²) in [5.74, 6) is 0.354. The van der Waals surface area contributed by atoms with E-state index < -0.39 is 4.92 Å². The molecule has 0 saturated heterocycles. The summed E-state index contributed by atoms with van der Waals surface area (Å²) < 4.78 is 1.44. The summed E-state index contributed by atoms with van der Waals surface area (Å²) in [6.07, 6.45) is 0. The molecule has 0 spiro atoms. The summed E-state index contributed by atoms with van der Waals surface area (Å²) in [5, 5.41) is 11.8. The zero-order chi connectivity index (χ0) is 15.0. The molecule has 0 saturated carbocycles. The van der Waals surface area contributed by atoms with E-state index >= 15 is 0 Å². The maximum atomic E-state index is 11.8. The molecule has 108 valence electrons. The summed E-state index contributed by atoms with van der Waals surface area (Å²) >= 11 is 6.13. The summed E-state index contributed by atoms with van der Waals surface area (Å²) in [5.41, 5.74) is 0.592. The number of rotatable bonds is 3. The molecule has 0 bridgehead atoms. The van der Waals surface area contributed by atoms with Crippen LogP contribution in [0.25, 0.3) is 0 Å². The predicted octanol–water partition coefficient (Wildman–Crippen LogP) is 2.43. The molecule has 0 unspecified atom stereocenters. The highest BCUT2D eigenvalue weighted by Gasteiger charge is 2.29. The highest BCUT2D eigenvalue weighted by molar-refractivity contribution is 6.31. The Balaban J connectivity index is 2.04. The van der Waals surface area contributed by atoms with Crippen molar-refractivity contribution in [3.8, 4) is 0 Å². The highest BCUT2D eigenvalue weighted by atomic mass is 35.5. The Morgan fingerprint density at radius 1 is 1.19 bits per heavy atom. The summed E-state index contributed by atoms with van der Waals surface area (Å²) in [6.45, 7) is 1.43.